The van der Waals surface area contributed by atoms with Gasteiger partial charge in [-0.3, -0.25) is 0 Å². The average Bonchev–Trinajstić information content (AvgIpc) is 2.42. The van der Waals surface area contributed by atoms with Crippen molar-refractivity contribution < 1.29 is 4.74 Å². The number of rotatable bonds is 7. The second-order valence-corrected chi connectivity index (χ2v) is 4.73. The third-order valence-electron chi connectivity index (χ3n) is 3.02. The summed E-state index contributed by atoms with van der Waals surface area (Å²) in [4.78, 5) is 0. The maximum atomic E-state index is 8.70. The Labute approximate surface area is 110 Å². The summed E-state index contributed by atoms with van der Waals surface area (Å²) in [5, 5.41) is 12.1. The van der Waals surface area contributed by atoms with Crippen LogP contribution in [0.15, 0.2) is 24.3 Å². The van der Waals surface area contributed by atoms with Crippen LogP contribution in [-0.2, 0) is 6.42 Å². The van der Waals surface area contributed by atoms with Gasteiger partial charge in [-0.25, -0.2) is 0 Å². The smallest absolute Gasteiger partial charge is 0.118 e. The SMILES string of the molecule is COc1ccc(CCC(C)NCC(C)C#N)cc1. The van der Waals surface area contributed by atoms with E-state index in [4.69, 9.17) is 10.00 Å². The molecular formula is C15H22N2O. The van der Waals surface area contributed by atoms with Gasteiger partial charge in [-0.05, 0) is 44.4 Å². The fourth-order valence-corrected chi connectivity index (χ4v) is 1.70. The monoisotopic (exact) mass is 246 g/mol. The maximum Gasteiger partial charge on any atom is 0.118 e. The molecule has 0 bridgehead atoms. The number of hydrogen-bond acceptors (Lipinski definition) is 3. The summed E-state index contributed by atoms with van der Waals surface area (Å²) in [5.41, 5.74) is 1.32. The molecule has 0 aliphatic heterocycles. The van der Waals surface area contributed by atoms with Crippen LogP contribution in [0.3, 0.4) is 0 Å². The van der Waals surface area contributed by atoms with Gasteiger partial charge in [0, 0.05) is 12.6 Å². The Morgan fingerprint density at radius 2 is 1.94 bits per heavy atom. The summed E-state index contributed by atoms with van der Waals surface area (Å²) in [6, 6.07) is 10.8. The van der Waals surface area contributed by atoms with E-state index >= 15 is 0 Å². The maximum absolute atomic E-state index is 8.70. The molecule has 18 heavy (non-hydrogen) atoms. The van der Waals surface area contributed by atoms with Crippen LogP contribution in [0.1, 0.15) is 25.8 Å². The van der Waals surface area contributed by atoms with E-state index in [9.17, 15) is 0 Å². The minimum Gasteiger partial charge on any atom is -0.497 e. The van der Waals surface area contributed by atoms with Gasteiger partial charge in [0.1, 0.15) is 5.75 Å². The molecule has 0 aliphatic carbocycles. The van der Waals surface area contributed by atoms with E-state index in [2.05, 4.69) is 30.4 Å². The second kappa shape index (κ2) is 7.73. The third-order valence-corrected chi connectivity index (χ3v) is 3.02. The lowest BCUT2D eigenvalue weighted by Crippen LogP contribution is -2.30. The molecule has 2 atom stereocenters. The van der Waals surface area contributed by atoms with Crippen LogP contribution in [0.5, 0.6) is 5.75 Å². The lowest BCUT2D eigenvalue weighted by molar-refractivity contribution is 0.414. The van der Waals surface area contributed by atoms with Crippen LogP contribution in [0.4, 0.5) is 0 Å². The molecule has 0 aliphatic rings. The lowest BCUT2D eigenvalue weighted by atomic mass is 10.1. The molecule has 1 rings (SSSR count). The Morgan fingerprint density at radius 1 is 1.28 bits per heavy atom. The predicted molar refractivity (Wildman–Crippen MR) is 73.6 cm³/mol. The molecule has 0 aromatic heterocycles. The zero-order chi connectivity index (χ0) is 13.4. The molecule has 1 aromatic rings. The summed E-state index contributed by atoms with van der Waals surface area (Å²) < 4.78 is 5.13. The fraction of sp³-hybridized carbons (Fsp3) is 0.533. The van der Waals surface area contributed by atoms with Crippen molar-refractivity contribution in [2.75, 3.05) is 13.7 Å². The van der Waals surface area contributed by atoms with Gasteiger partial charge in [0.05, 0.1) is 19.1 Å². The molecule has 3 nitrogen and oxygen atoms in total. The van der Waals surface area contributed by atoms with Crippen molar-refractivity contribution in [1.29, 1.82) is 5.26 Å². The molecule has 0 heterocycles. The average molecular weight is 246 g/mol. The van der Waals surface area contributed by atoms with Crippen LogP contribution in [0.2, 0.25) is 0 Å². The number of nitriles is 1. The molecule has 0 radical (unpaired) electrons. The van der Waals surface area contributed by atoms with Crippen LogP contribution < -0.4 is 10.1 Å². The van der Waals surface area contributed by atoms with Crippen molar-refractivity contribution in [3.8, 4) is 11.8 Å². The summed E-state index contributed by atoms with van der Waals surface area (Å²) in [5.74, 6) is 0.973. The molecule has 0 saturated carbocycles. The zero-order valence-electron chi connectivity index (χ0n) is 11.4. The summed E-state index contributed by atoms with van der Waals surface area (Å²) in [6.45, 7) is 4.86. The van der Waals surface area contributed by atoms with Gasteiger partial charge in [-0.2, -0.15) is 5.26 Å². The van der Waals surface area contributed by atoms with Crippen LogP contribution in [-0.4, -0.2) is 19.7 Å². The first-order valence-corrected chi connectivity index (χ1v) is 6.41. The highest BCUT2D eigenvalue weighted by molar-refractivity contribution is 5.27. The standard InChI is InChI=1S/C15H22N2O/c1-12(10-16)11-17-13(2)4-5-14-6-8-15(18-3)9-7-14/h6-9,12-13,17H,4-5,11H2,1-3H3. The minimum atomic E-state index is 0.0773. The largest absolute Gasteiger partial charge is 0.497 e. The van der Waals surface area contributed by atoms with Crippen LogP contribution in [0, 0.1) is 17.2 Å². The Balaban J connectivity index is 2.29. The van der Waals surface area contributed by atoms with Crippen LogP contribution >= 0.6 is 0 Å². The van der Waals surface area contributed by atoms with Crippen molar-refractivity contribution in [2.45, 2.75) is 32.7 Å². The summed E-state index contributed by atoms with van der Waals surface area (Å²) in [6.07, 6.45) is 2.11. The number of nitrogens with zero attached hydrogens (tertiary/aromatic N) is 1. The number of hydrogen-bond donors (Lipinski definition) is 1. The molecule has 0 saturated heterocycles. The Morgan fingerprint density at radius 3 is 2.50 bits per heavy atom. The number of aryl methyl sites for hydroxylation is 1. The lowest BCUT2D eigenvalue weighted by Gasteiger charge is -2.14. The first kappa shape index (κ1) is 14.5. The normalized spacial score (nSPS) is 13.7. The van der Waals surface area contributed by atoms with Crippen molar-refractivity contribution in [2.24, 2.45) is 5.92 Å². The zero-order valence-corrected chi connectivity index (χ0v) is 11.4. The molecule has 0 amide bonds. The van der Waals surface area contributed by atoms with E-state index in [1.165, 1.54) is 5.56 Å². The van der Waals surface area contributed by atoms with E-state index in [0.717, 1.165) is 25.1 Å². The van der Waals surface area contributed by atoms with E-state index in [0.29, 0.717) is 6.04 Å². The minimum absolute atomic E-state index is 0.0773. The summed E-state index contributed by atoms with van der Waals surface area (Å²) in [7, 11) is 1.68. The molecule has 0 spiro atoms. The number of methoxy groups -OCH3 is 1. The molecule has 3 heteroatoms. The van der Waals surface area contributed by atoms with Crippen molar-refractivity contribution in [1.82, 2.24) is 5.32 Å². The van der Waals surface area contributed by atoms with Gasteiger partial charge in [0.25, 0.3) is 0 Å². The molecule has 0 fully saturated rings. The number of ether oxygens (including phenoxy) is 1. The quantitative estimate of drug-likeness (QED) is 0.804. The van der Waals surface area contributed by atoms with Crippen LogP contribution in [0.25, 0.3) is 0 Å². The van der Waals surface area contributed by atoms with Gasteiger partial charge in [-0.1, -0.05) is 12.1 Å². The highest BCUT2D eigenvalue weighted by atomic mass is 16.5. The Hall–Kier alpha value is -1.53. The van der Waals surface area contributed by atoms with E-state index < -0.39 is 0 Å². The Bertz CT molecular complexity index is 380. The van der Waals surface area contributed by atoms with Gasteiger partial charge in [0.2, 0.25) is 0 Å². The highest BCUT2D eigenvalue weighted by Gasteiger charge is 2.05. The molecule has 2 unspecified atom stereocenters. The molecule has 1 N–H and O–H groups in total. The Kier molecular flexibility index (Phi) is 6.24. The molecule has 1 aromatic carbocycles. The molecular weight excluding hydrogens is 224 g/mol. The van der Waals surface area contributed by atoms with E-state index in [-0.39, 0.29) is 5.92 Å². The van der Waals surface area contributed by atoms with E-state index in [1.807, 2.05) is 19.1 Å². The summed E-state index contributed by atoms with van der Waals surface area (Å²) >= 11 is 0. The van der Waals surface area contributed by atoms with Crippen molar-refractivity contribution in [3.63, 3.8) is 0 Å². The third kappa shape index (κ3) is 5.20. The second-order valence-electron chi connectivity index (χ2n) is 4.73. The van der Waals surface area contributed by atoms with Crippen molar-refractivity contribution in [3.05, 3.63) is 29.8 Å². The fourth-order valence-electron chi connectivity index (χ4n) is 1.70. The number of benzene rings is 1. The molecule has 98 valence electrons. The number of nitrogens with one attached hydrogen (secondary N) is 1. The highest BCUT2D eigenvalue weighted by Crippen LogP contribution is 2.13. The topological polar surface area (TPSA) is 45.0 Å². The predicted octanol–water partition coefficient (Wildman–Crippen LogP) is 2.77. The van der Waals surface area contributed by atoms with Gasteiger partial charge in [-0.15, -0.1) is 0 Å². The first-order chi connectivity index (χ1) is 8.65. The van der Waals surface area contributed by atoms with E-state index in [1.54, 1.807) is 7.11 Å². The van der Waals surface area contributed by atoms with Gasteiger partial charge < -0.3 is 10.1 Å². The van der Waals surface area contributed by atoms with Crippen molar-refractivity contribution >= 4 is 0 Å². The van der Waals surface area contributed by atoms with Gasteiger partial charge >= 0.3 is 0 Å². The first-order valence-electron chi connectivity index (χ1n) is 6.41. The van der Waals surface area contributed by atoms with Gasteiger partial charge in [0.15, 0.2) is 0 Å².